The molecule has 0 aliphatic heterocycles. The maximum Gasteiger partial charge on any atom is 0.324 e. The van der Waals surface area contributed by atoms with Crippen LogP contribution in [-0.4, -0.2) is 26.5 Å². The Balaban J connectivity index is 1.35. The number of benzene rings is 1. The number of carbonyl (C=O) groups is 2. The highest BCUT2D eigenvalue weighted by Crippen LogP contribution is 2.23. The second-order valence-electron chi connectivity index (χ2n) is 5.94. The lowest BCUT2D eigenvalue weighted by molar-refractivity contribution is 0.103. The molecule has 144 valence electrons. The third-order valence-corrected chi connectivity index (χ3v) is 4.87. The molecule has 4 aromatic rings. The summed E-state index contributed by atoms with van der Waals surface area (Å²) in [5, 5.41) is 8.81. The van der Waals surface area contributed by atoms with Gasteiger partial charge in [-0.05, 0) is 36.4 Å². The van der Waals surface area contributed by atoms with Gasteiger partial charge in [0.25, 0.3) is 5.91 Å². The lowest BCUT2D eigenvalue weighted by atomic mass is 10.3. The van der Waals surface area contributed by atoms with Crippen LogP contribution in [0.1, 0.15) is 9.67 Å². The molecule has 8 nitrogen and oxygen atoms in total. The molecule has 4 rings (SSSR count). The van der Waals surface area contributed by atoms with Crippen LogP contribution in [0.3, 0.4) is 0 Å². The van der Waals surface area contributed by atoms with Crippen molar-refractivity contribution in [3.8, 4) is 5.82 Å². The largest absolute Gasteiger partial charge is 0.324 e. The standard InChI is InChI=1S/C20H16N6O2S/c27-19(23-15-6-8-17(22-12-15)26-11-10-21-13-26)16-7-9-18(29-16)25-20(28)24-14-4-2-1-3-5-14/h1-13H,(H,23,27)(H2,24,25,28). The minimum atomic E-state index is -0.371. The molecule has 3 heterocycles. The van der Waals surface area contributed by atoms with E-state index in [2.05, 4.69) is 25.9 Å². The molecule has 0 radical (unpaired) electrons. The number of rotatable bonds is 5. The van der Waals surface area contributed by atoms with E-state index in [-0.39, 0.29) is 11.9 Å². The van der Waals surface area contributed by atoms with E-state index >= 15 is 0 Å². The van der Waals surface area contributed by atoms with E-state index in [1.54, 1.807) is 65.9 Å². The Morgan fingerprint density at radius 2 is 1.76 bits per heavy atom. The van der Waals surface area contributed by atoms with Crippen molar-refractivity contribution in [2.75, 3.05) is 16.0 Å². The van der Waals surface area contributed by atoms with Gasteiger partial charge in [-0.3, -0.25) is 14.7 Å². The average Bonchev–Trinajstić information content (AvgIpc) is 3.41. The Morgan fingerprint density at radius 3 is 2.48 bits per heavy atom. The number of para-hydroxylation sites is 1. The molecule has 0 saturated heterocycles. The minimum Gasteiger partial charge on any atom is -0.320 e. The first-order valence-corrected chi connectivity index (χ1v) is 9.48. The van der Waals surface area contributed by atoms with Gasteiger partial charge >= 0.3 is 6.03 Å². The molecule has 3 amide bonds. The topological polar surface area (TPSA) is 101 Å². The summed E-state index contributed by atoms with van der Waals surface area (Å²) in [4.78, 5) is 33.2. The van der Waals surface area contributed by atoms with Crippen molar-refractivity contribution in [3.63, 3.8) is 0 Å². The quantitative estimate of drug-likeness (QED) is 0.463. The Morgan fingerprint density at radius 1 is 0.897 bits per heavy atom. The molecule has 0 saturated carbocycles. The van der Waals surface area contributed by atoms with Gasteiger partial charge in [0.2, 0.25) is 0 Å². The third kappa shape index (κ3) is 4.66. The summed E-state index contributed by atoms with van der Waals surface area (Å²) in [5.74, 6) is 0.427. The van der Waals surface area contributed by atoms with Gasteiger partial charge in [0.05, 0.1) is 21.8 Å². The molecule has 29 heavy (non-hydrogen) atoms. The normalized spacial score (nSPS) is 10.3. The van der Waals surface area contributed by atoms with E-state index in [4.69, 9.17) is 0 Å². The van der Waals surface area contributed by atoms with Crippen LogP contribution in [0.5, 0.6) is 0 Å². The Labute approximate surface area is 170 Å². The van der Waals surface area contributed by atoms with Crippen LogP contribution < -0.4 is 16.0 Å². The molecule has 0 spiro atoms. The molecule has 3 N–H and O–H groups in total. The third-order valence-electron chi connectivity index (χ3n) is 3.87. The van der Waals surface area contributed by atoms with E-state index in [0.29, 0.717) is 27.1 Å². The number of thiophene rings is 1. The lowest BCUT2D eigenvalue weighted by Crippen LogP contribution is -2.18. The number of pyridine rings is 1. The maximum absolute atomic E-state index is 12.4. The van der Waals surface area contributed by atoms with Gasteiger partial charge in [-0.1, -0.05) is 18.2 Å². The molecule has 0 fully saturated rings. The Hall–Kier alpha value is -3.98. The Bertz CT molecular complexity index is 1110. The SMILES string of the molecule is O=C(Nc1ccccc1)Nc1ccc(C(=O)Nc2ccc(-n3ccnc3)nc2)s1. The summed E-state index contributed by atoms with van der Waals surface area (Å²) < 4.78 is 1.77. The first kappa shape index (κ1) is 18.4. The number of anilines is 3. The van der Waals surface area contributed by atoms with Crippen molar-refractivity contribution in [1.82, 2.24) is 14.5 Å². The number of amides is 3. The van der Waals surface area contributed by atoms with Gasteiger partial charge in [-0.2, -0.15) is 0 Å². The number of urea groups is 1. The van der Waals surface area contributed by atoms with Crippen molar-refractivity contribution in [2.45, 2.75) is 0 Å². The van der Waals surface area contributed by atoms with E-state index in [0.717, 1.165) is 0 Å². The predicted molar refractivity (Wildman–Crippen MR) is 113 cm³/mol. The van der Waals surface area contributed by atoms with Crippen LogP contribution in [0.4, 0.5) is 21.2 Å². The molecule has 3 aromatic heterocycles. The summed E-state index contributed by atoms with van der Waals surface area (Å²) in [6.45, 7) is 0. The number of hydrogen-bond donors (Lipinski definition) is 3. The van der Waals surface area contributed by atoms with Gasteiger partial charge in [0, 0.05) is 18.1 Å². The number of hydrogen-bond acceptors (Lipinski definition) is 5. The van der Waals surface area contributed by atoms with Crippen LogP contribution in [0.2, 0.25) is 0 Å². The highest BCUT2D eigenvalue weighted by molar-refractivity contribution is 7.18. The monoisotopic (exact) mass is 404 g/mol. The smallest absolute Gasteiger partial charge is 0.320 e. The highest BCUT2D eigenvalue weighted by atomic mass is 32.1. The van der Waals surface area contributed by atoms with E-state index in [1.165, 1.54) is 11.3 Å². The van der Waals surface area contributed by atoms with Crippen molar-refractivity contribution in [2.24, 2.45) is 0 Å². The van der Waals surface area contributed by atoms with E-state index in [1.807, 2.05) is 18.2 Å². The molecule has 1 aromatic carbocycles. The number of nitrogens with zero attached hydrogens (tertiary/aromatic N) is 3. The average molecular weight is 404 g/mol. The van der Waals surface area contributed by atoms with Crippen molar-refractivity contribution in [1.29, 1.82) is 0 Å². The summed E-state index contributed by atoms with van der Waals surface area (Å²) in [6, 6.07) is 15.6. The summed E-state index contributed by atoms with van der Waals surface area (Å²) in [7, 11) is 0. The molecule has 0 aliphatic rings. The zero-order chi connectivity index (χ0) is 20.1. The minimum absolute atomic E-state index is 0.274. The van der Waals surface area contributed by atoms with E-state index < -0.39 is 0 Å². The fourth-order valence-corrected chi connectivity index (χ4v) is 3.32. The fourth-order valence-electron chi connectivity index (χ4n) is 2.52. The number of aromatic nitrogens is 3. The van der Waals surface area contributed by atoms with Crippen molar-refractivity contribution < 1.29 is 9.59 Å². The molecule has 0 unspecified atom stereocenters. The first-order valence-electron chi connectivity index (χ1n) is 8.66. The number of nitrogens with one attached hydrogen (secondary N) is 3. The maximum atomic E-state index is 12.4. The van der Waals surface area contributed by atoms with Gasteiger partial charge in [0.15, 0.2) is 0 Å². The fraction of sp³-hybridized carbons (Fsp3) is 0. The predicted octanol–water partition coefficient (Wildman–Crippen LogP) is 4.23. The second kappa shape index (κ2) is 8.36. The lowest BCUT2D eigenvalue weighted by Gasteiger charge is -2.06. The summed E-state index contributed by atoms with van der Waals surface area (Å²) in [5.41, 5.74) is 1.26. The Kier molecular flexibility index (Phi) is 5.30. The van der Waals surface area contributed by atoms with Crippen LogP contribution in [0, 0.1) is 0 Å². The van der Waals surface area contributed by atoms with Crippen LogP contribution in [0.25, 0.3) is 5.82 Å². The highest BCUT2D eigenvalue weighted by Gasteiger charge is 2.12. The van der Waals surface area contributed by atoms with Crippen LogP contribution >= 0.6 is 11.3 Å². The van der Waals surface area contributed by atoms with Crippen LogP contribution in [0.15, 0.2) is 79.5 Å². The molecule has 0 bridgehead atoms. The summed E-state index contributed by atoms with van der Waals surface area (Å²) in [6.07, 6.45) is 6.68. The molecule has 0 aliphatic carbocycles. The van der Waals surface area contributed by atoms with Gasteiger partial charge < -0.3 is 10.6 Å². The van der Waals surface area contributed by atoms with Gasteiger partial charge in [0.1, 0.15) is 12.1 Å². The van der Waals surface area contributed by atoms with Gasteiger partial charge in [-0.25, -0.2) is 14.8 Å². The van der Waals surface area contributed by atoms with Gasteiger partial charge in [-0.15, -0.1) is 11.3 Å². The summed E-state index contributed by atoms with van der Waals surface area (Å²) >= 11 is 1.18. The number of carbonyl (C=O) groups excluding carboxylic acids is 2. The molecule has 0 atom stereocenters. The zero-order valence-electron chi connectivity index (χ0n) is 15.1. The van der Waals surface area contributed by atoms with Crippen molar-refractivity contribution >= 4 is 39.7 Å². The number of imidazole rings is 1. The second-order valence-corrected chi connectivity index (χ2v) is 7.02. The van der Waals surface area contributed by atoms with Crippen molar-refractivity contribution in [3.05, 3.63) is 84.4 Å². The van der Waals surface area contributed by atoms with Crippen LogP contribution in [-0.2, 0) is 0 Å². The van der Waals surface area contributed by atoms with E-state index in [9.17, 15) is 9.59 Å². The molecule has 9 heteroatoms. The molecular weight excluding hydrogens is 388 g/mol. The molecular formula is C20H16N6O2S. The zero-order valence-corrected chi connectivity index (χ0v) is 15.9. The first-order chi connectivity index (χ1) is 14.2.